The molecule has 4 heteroatoms. The molecule has 0 radical (unpaired) electrons. The largest absolute Gasteiger partial charge is 0.306 e. The Morgan fingerprint density at radius 2 is 2.38 bits per heavy atom. The van der Waals surface area contributed by atoms with Gasteiger partial charge in [-0.15, -0.1) is 0 Å². The van der Waals surface area contributed by atoms with Gasteiger partial charge in [-0.05, 0) is 0 Å². The highest BCUT2D eigenvalue weighted by Gasteiger charge is 1.82. The summed E-state index contributed by atoms with van der Waals surface area (Å²) < 4.78 is 2.67. The van der Waals surface area contributed by atoms with Gasteiger partial charge in [0.2, 0.25) is 0 Å². The Labute approximate surface area is 55.5 Å². The molecule has 0 aliphatic heterocycles. The van der Waals surface area contributed by atoms with Gasteiger partial charge in [0.1, 0.15) is 0 Å². The fourth-order valence-electron chi connectivity index (χ4n) is 0.348. The first kappa shape index (κ1) is 5.50. The molecule has 0 amide bonds. The number of nitrogens with zero attached hydrogens (tertiary/aromatic N) is 2. The zero-order valence-corrected chi connectivity index (χ0v) is 5.59. The summed E-state index contributed by atoms with van der Waals surface area (Å²) in [7, 11) is 0. The molecule has 0 spiro atoms. The van der Waals surface area contributed by atoms with Gasteiger partial charge in [-0.3, -0.25) is 4.98 Å². The molecule has 0 saturated carbocycles. The second-order valence-electron chi connectivity index (χ2n) is 1.19. The van der Waals surface area contributed by atoms with E-state index in [9.17, 15) is 0 Å². The van der Waals surface area contributed by atoms with Gasteiger partial charge in [-0.1, -0.05) is 0 Å². The summed E-state index contributed by atoms with van der Waals surface area (Å²) in [5.74, 6) is 0.715. The third-order valence-electron chi connectivity index (χ3n) is 0.660. The highest BCUT2D eigenvalue weighted by molar-refractivity contribution is 9.10. The molecule has 0 aliphatic carbocycles. The van der Waals surface area contributed by atoms with Gasteiger partial charge in [0, 0.05) is 28.5 Å². The van der Waals surface area contributed by atoms with Gasteiger partial charge >= 0.3 is 0 Å². The van der Waals surface area contributed by atoms with Crippen LogP contribution in [0.3, 0.4) is 0 Å². The van der Waals surface area contributed by atoms with E-state index in [0.29, 0.717) is 5.82 Å². The normalized spacial score (nSPS) is 8.62. The Balaban J connectivity index is 2.83. The summed E-state index contributed by atoms with van der Waals surface area (Å²) in [4.78, 5) is 7.68. The molecule has 0 unspecified atom stereocenters. The summed E-state index contributed by atoms with van der Waals surface area (Å²) in [5, 5.41) is 0. The molecule has 8 heavy (non-hydrogen) atoms. The van der Waals surface area contributed by atoms with Crippen molar-refractivity contribution in [2.24, 2.45) is 0 Å². The Hall–Kier alpha value is -0.640. The number of hydrogen-bond acceptors (Lipinski definition) is 3. The third-order valence-corrected chi connectivity index (χ3v) is 1.07. The molecule has 42 valence electrons. The van der Waals surface area contributed by atoms with E-state index in [4.69, 9.17) is 0 Å². The number of nitrogens with one attached hydrogen (secondary N) is 1. The predicted molar refractivity (Wildman–Crippen MR) is 34.6 cm³/mol. The lowest BCUT2D eigenvalue weighted by molar-refractivity contribution is 1.21. The van der Waals surface area contributed by atoms with E-state index in [1.807, 2.05) is 0 Å². The van der Waals surface area contributed by atoms with E-state index in [2.05, 4.69) is 30.5 Å². The van der Waals surface area contributed by atoms with Gasteiger partial charge in [0.05, 0.1) is 6.20 Å². The summed E-state index contributed by atoms with van der Waals surface area (Å²) in [5.41, 5.74) is 0. The zero-order chi connectivity index (χ0) is 5.82. The van der Waals surface area contributed by atoms with Gasteiger partial charge < -0.3 is 4.34 Å². The number of anilines is 1. The Bertz CT molecular complexity index is 153. The van der Waals surface area contributed by atoms with E-state index >= 15 is 0 Å². The predicted octanol–water partition coefficient (Wildman–Crippen LogP) is 1.20. The van der Waals surface area contributed by atoms with E-state index < -0.39 is 0 Å². The minimum atomic E-state index is 0.715. The maximum Gasteiger partial charge on any atom is 0.154 e. The molecular formula is C4H4BrN3. The number of rotatable bonds is 1. The van der Waals surface area contributed by atoms with Crippen LogP contribution in [0.25, 0.3) is 0 Å². The van der Waals surface area contributed by atoms with E-state index in [1.165, 1.54) is 0 Å². The van der Waals surface area contributed by atoms with Gasteiger partial charge in [-0.2, -0.15) is 0 Å². The van der Waals surface area contributed by atoms with E-state index in [0.717, 1.165) is 0 Å². The van der Waals surface area contributed by atoms with Gasteiger partial charge in [-0.25, -0.2) is 4.98 Å². The zero-order valence-electron chi connectivity index (χ0n) is 4.00. The molecule has 0 saturated heterocycles. The van der Waals surface area contributed by atoms with Crippen molar-refractivity contribution in [3.05, 3.63) is 18.6 Å². The minimum Gasteiger partial charge on any atom is -0.306 e. The minimum absolute atomic E-state index is 0.715. The second kappa shape index (κ2) is 2.61. The molecule has 1 N–H and O–H groups in total. The molecule has 1 rings (SSSR count). The molecule has 0 aromatic carbocycles. The standard InChI is InChI=1S/C4H4BrN3/c5-8-4-3-6-1-2-7-4/h1-3H,(H,7,8). The van der Waals surface area contributed by atoms with Crippen LogP contribution in [-0.2, 0) is 0 Å². The van der Waals surface area contributed by atoms with Crippen LogP contribution >= 0.6 is 16.1 Å². The van der Waals surface area contributed by atoms with Crippen molar-refractivity contribution in [3.8, 4) is 0 Å². The van der Waals surface area contributed by atoms with Gasteiger partial charge in [0.15, 0.2) is 5.82 Å². The van der Waals surface area contributed by atoms with Crippen molar-refractivity contribution in [2.75, 3.05) is 4.34 Å². The van der Waals surface area contributed by atoms with Crippen LogP contribution in [0.4, 0.5) is 5.82 Å². The van der Waals surface area contributed by atoms with E-state index in [-0.39, 0.29) is 0 Å². The molecule has 0 fully saturated rings. The van der Waals surface area contributed by atoms with E-state index in [1.54, 1.807) is 18.6 Å². The lowest BCUT2D eigenvalue weighted by atomic mass is 10.7. The maximum atomic E-state index is 3.88. The van der Waals surface area contributed by atoms with Crippen molar-refractivity contribution in [3.63, 3.8) is 0 Å². The molecule has 1 aromatic rings. The Morgan fingerprint density at radius 1 is 1.50 bits per heavy atom. The monoisotopic (exact) mass is 173 g/mol. The fourth-order valence-corrected chi connectivity index (χ4v) is 0.553. The lowest BCUT2D eigenvalue weighted by Gasteiger charge is -1.89. The van der Waals surface area contributed by atoms with Crippen LogP contribution in [0, 0.1) is 0 Å². The highest BCUT2D eigenvalue weighted by Crippen LogP contribution is 1.97. The average Bonchev–Trinajstić information content (AvgIpc) is 1.90. The first-order valence-corrected chi connectivity index (χ1v) is 2.85. The van der Waals surface area contributed by atoms with Crippen LogP contribution in [0.5, 0.6) is 0 Å². The summed E-state index contributed by atoms with van der Waals surface area (Å²) >= 11 is 3.00. The quantitative estimate of drug-likeness (QED) is 0.650. The molecule has 1 aromatic heterocycles. The molecule has 0 bridgehead atoms. The highest BCUT2D eigenvalue weighted by atomic mass is 79.9. The number of aromatic nitrogens is 2. The SMILES string of the molecule is BrNc1cnccn1. The molecule has 0 atom stereocenters. The topological polar surface area (TPSA) is 37.8 Å². The fraction of sp³-hybridized carbons (Fsp3) is 0. The van der Waals surface area contributed by atoms with Crippen LogP contribution in [0.15, 0.2) is 18.6 Å². The van der Waals surface area contributed by atoms with Crippen LogP contribution in [-0.4, -0.2) is 9.97 Å². The van der Waals surface area contributed by atoms with Crippen molar-refractivity contribution in [2.45, 2.75) is 0 Å². The van der Waals surface area contributed by atoms with Crippen LogP contribution in [0.1, 0.15) is 0 Å². The molecule has 3 nitrogen and oxygen atoms in total. The third kappa shape index (κ3) is 1.16. The first-order chi connectivity index (χ1) is 3.93. The Morgan fingerprint density at radius 3 is 2.75 bits per heavy atom. The second-order valence-corrected chi connectivity index (χ2v) is 1.58. The van der Waals surface area contributed by atoms with Crippen LogP contribution in [0.2, 0.25) is 0 Å². The molecule has 0 aliphatic rings. The van der Waals surface area contributed by atoms with Crippen molar-refractivity contribution in [1.29, 1.82) is 0 Å². The number of hydrogen-bond donors (Lipinski definition) is 1. The smallest absolute Gasteiger partial charge is 0.154 e. The summed E-state index contributed by atoms with van der Waals surface area (Å²) in [6, 6.07) is 0. The summed E-state index contributed by atoms with van der Waals surface area (Å²) in [6.07, 6.45) is 4.85. The van der Waals surface area contributed by atoms with Crippen molar-refractivity contribution >= 4 is 22.0 Å². The lowest BCUT2D eigenvalue weighted by Crippen LogP contribution is -1.83. The summed E-state index contributed by atoms with van der Waals surface area (Å²) in [6.45, 7) is 0. The molecular weight excluding hydrogens is 170 g/mol. The Kier molecular flexibility index (Phi) is 1.80. The molecule has 1 heterocycles. The number of halogens is 1. The van der Waals surface area contributed by atoms with Crippen molar-refractivity contribution in [1.82, 2.24) is 9.97 Å². The van der Waals surface area contributed by atoms with Crippen LogP contribution < -0.4 is 4.34 Å². The first-order valence-electron chi connectivity index (χ1n) is 2.06. The van der Waals surface area contributed by atoms with Gasteiger partial charge in [0.25, 0.3) is 0 Å². The average molecular weight is 174 g/mol. The van der Waals surface area contributed by atoms with Crippen molar-refractivity contribution < 1.29 is 0 Å². The maximum absolute atomic E-state index is 3.88.